The third-order valence-corrected chi connectivity index (χ3v) is 7.24. The van der Waals surface area contributed by atoms with Crippen molar-refractivity contribution in [1.82, 2.24) is 24.1 Å². The molecule has 12 heteroatoms. The van der Waals surface area contributed by atoms with E-state index >= 15 is 0 Å². The fourth-order valence-corrected chi connectivity index (χ4v) is 5.47. The number of piperidine rings is 1. The maximum absolute atomic E-state index is 14.5. The van der Waals surface area contributed by atoms with Gasteiger partial charge in [-0.1, -0.05) is 0 Å². The van der Waals surface area contributed by atoms with Crippen molar-refractivity contribution >= 4 is 33.4 Å². The lowest BCUT2D eigenvalue weighted by Gasteiger charge is -2.31. The average Bonchev–Trinajstić information content (AvgIpc) is 3.52. The maximum atomic E-state index is 14.5. The second-order valence-electron chi connectivity index (χ2n) is 9.36. The molecule has 1 saturated heterocycles. The number of nitrogens with zero attached hydrogens (tertiary/aromatic N) is 5. The van der Waals surface area contributed by atoms with E-state index in [0.717, 1.165) is 24.0 Å². The minimum absolute atomic E-state index is 0.0478. The number of aryl methyl sites for hydroxylation is 1. The van der Waals surface area contributed by atoms with Gasteiger partial charge in [0.05, 0.1) is 22.8 Å². The predicted octanol–water partition coefficient (Wildman–Crippen LogP) is 1.41. The first kappa shape index (κ1) is 21.6. The van der Waals surface area contributed by atoms with Crippen molar-refractivity contribution in [1.29, 1.82) is 0 Å². The lowest BCUT2D eigenvalue weighted by Crippen LogP contribution is -2.41. The smallest absolute Gasteiger partial charge is 0.330 e. The molecule has 3 atom stereocenters. The first-order valence-corrected chi connectivity index (χ1v) is 11.4. The van der Waals surface area contributed by atoms with E-state index in [0.29, 0.717) is 39.4 Å². The van der Waals surface area contributed by atoms with Gasteiger partial charge in [0.2, 0.25) is 5.75 Å². The Morgan fingerprint density at radius 3 is 2.71 bits per heavy atom. The van der Waals surface area contributed by atoms with Gasteiger partial charge >= 0.3 is 11.7 Å². The quantitative estimate of drug-likeness (QED) is 0.399. The Labute approximate surface area is 198 Å². The van der Waals surface area contributed by atoms with Gasteiger partial charge < -0.3 is 25.7 Å². The third-order valence-electron chi connectivity index (χ3n) is 7.24. The summed E-state index contributed by atoms with van der Waals surface area (Å²) in [6, 6.07) is 3.18. The number of hydrogen-bond donors (Lipinski definition) is 3. The van der Waals surface area contributed by atoms with E-state index in [1.807, 2.05) is 0 Å². The van der Waals surface area contributed by atoms with Gasteiger partial charge in [0.15, 0.2) is 0 Å². The molecule has 1 aliphatic heterocycles. The van der Waals surface area contributed by atoms with E-state index in [1.54, 1.807) is 7.05 Å². The third kappa shape index (κ3) is 3.20. The van der Waals surface area contributed by atoms with Crippen LogP contribution in [-0.2, 0) is 14.1 Å². The molecule has 6 rings (SSSR count). The molecule has 3 aromatic heterocycles. The van der Waals surface area contributed by atoms with Gasteiger partial charge in [-0.2, -0.15) is 9.97 Å². The summed E-state index contributed by atoms with van der Waals surface area (Å²) in [6.07, 6.45) is 3.11. The van der Waals surface area contributed by atoms with Crippen molar-refractivity contribution in [2.75, 3.05) is 23.8 Å². The van der Waals surface area contributed by atoms with Crippen molar-refractivity contribution < 1.29 is 9.13 Å². The zero-order valence-corrected chi connectivity index (χ0v) is 19.5. The molecule has 4 N–H and O–H groups in total. The van der Waals surface area contributed by atoms with Gasteiger partial charge in [-0.05, 0) is 30.9 Å². The normalized spacial score (nSPS) is 21.4. The molecule has 2 bridgehead atoms. The summed E-state index contributed by atoms with van der Waals surface area (Å²) in [5.74, 6) is 0.487. The van der Waals surface area contributed by atoms with Crippen LogP contribution in [-0.4, -0.2) is 49.8 Å². The summed E-state index contributed by atoms with van der Waals surface area (Å²) in [5.41, 5.74) is 6.94. The van der Waals surface area contributed by atoms with E-state index in [4.69, 9.17) is 15.5 Å². The van der Waals surface area contributed by atoms with Crippen LogP contribution in [0.4, 0.5) is 15.9 Å². The van der Waals surface area contributed by atoms with E-state index in [1.165, 1.54) is 37.0 Å². The number of nitrogens with two attached hydrogens (primary N) is 1. The second-order valence-corrected chi connectivity index (χ2v) is 9.36. The molecular weight excluding hydrogens is 455 g/mol. The highest BCUT2D eigenvalue weighted by molar-refractivity contribution is 6.14. The summed E-state index contributed by atoms with van der Waals surface area (Å²) in [4.78, 5) is 39.4. The highest BCUT2D eigenvalue weighted by Gasteiger charge is 2.44. The minimum atomic E-state index is -0.597. The standard InChI is InChI=1S/C23H25FN8O3/c1-26-15-6-11(24)5-13-17-19(27-18(13)15)28-22(35-16-9-30(2)23(34)31(3)21(16)33)29-20(17)32-8-10-4-12(32)7-14(10)25/h5-6,9-10,12,14,26H,4,7-8,25H2,1-3H3,(H,27,28,29)/t10-,12-,14-/m1/s1. The molecule has 0 spiro atoms. The van der Waals surface area contributed by atoms with Crippen LogP contribution in [0.3, 0.4) is 0 Å². The second kappa shape index (κ2) is 7.54. The number of aromatic amines is 1. The van der Waals surface area contributed by atoms with Gasteiger partial charge in [-0.25, -0.2) is 9.18 Å². The summed E-state index contributed by atoms with van der Waals surface area (Å²) in [6.45, 7) is 0.722. The number of benzene rings is 1. The Hall–Kier alpha value is -3.93. The van der Waals surface area contributed by atoms with Gasteiger partial charge in [0.1, 0.15) is 17.3 Å². The highest BCUT2D eigenvalue weighted by Crippen LogP contribution is 2.44. The number of H-pyrrole nitrogens is 1. The van der Waals surface area contributed by atoms with Crippen LogP contribution in [0.25, 0.3) is 21.9 Å². The van der Waals surface area contributed by atoms with Gasteiger partial charge in [-0.3, -0.25) is 13.9 Å². The van der Waals surface area contributed by atoms with Crippen LogP contribution >= 0.6 is 0 Å². The molecule has 35 heavy (non-hydrogen) atoms. The molecule has 1 saturated carbocycles. The van der Waals surface area contributed by atoms with Crippen LogP contribution in [0.5, 0.6) is 11.8 Å². The van der Waals surface area contributed by atoms with Crippen LogP contribution in [0.15, 0.2) is 27.9 Å². The first-order chi connectivity index (χ1) is 16.7. The molecule has 1 aliphatic carbocycles. The van der Waals surface area contributed by atoms with Crippen LogP contribution in [0, 0.1) is 11.7 Å². The molecule has 4 heterocycles. The summed E-state index contributed by atoms with van der Waals surface area (Å²) in [5, 5.41) is 4.34. The Kier molecular flexibility index (Phi) is 4.65. The molecule has 2 fully saturated rings. The number of aromatic nitrogens is 5. The highest BCUT2D eigenvalue weighted by atomic mass is 19.1. The van der Waals surface area contributed by atoms with Crippen LogP contribution in [0.2, 0.25) is 0 Å². The molecule has 0 amide bonds. The Morgan fingerprint density at radius 1 is 1.23 bits per heavy atom. The molecule has 11 nitrogen and oxygen atoms in total. The number of hydrogen-bond acceptors (Lipinski definition) is 8. The van der Waals surface area contributed by atoms with Crippen molar-refractivity contribution in [3.05, 3.63) is 45.0 Å². The van der Waals surface area contributed by atoms with E-state index in [2.05, 4.69) is 20.2 Å². The van der Waals surface area contributed by atoms with Crippen LogP contribution in [0.1, 0.15) is 12.8 Å². The van der Waals surface area contributed by atoms with E-state index in [9.17, 15) is 14.0 Å². The minimum Gasteiger partial charge on any atom is -0.417 e. The zero-order valence-electron chi connectivity index (χ0n) is 19.5. The SMILES string of the molecule is CNc1cc(F)cc2c1[nH]c1nc(Oc3cn(C)c(=O)n(C)c3=O)nc(N3C[C@H]4C[C@@H]3C[C@H]4N)c12. The lowest BCUT2D eigenvalue weighted by molar-refractivity contribution is 0.421. The van der Waals surface area contributed by atoms with Gasteiger partial charge in [-0.15, -0.1) is 0 Å². The van der Waals surface area contributed by atoms with Crippen molar-refractivity contribution in [2.45, 2.75) is 24.9 Å². The average molecular weight is 481 g/mol. The number of rotatable bonds is 4. The van der Waals surface area contributed by atoms with E-state index < -0.39 is 11.2 Å². The first-order valence-electron chi connectivity index (χ1n) is 11.4. The van der Waals surface area contributed by atoms with Gasteiger partial charge in [0, 0.05) is 45.2 Å². The molecule has 0 radical (unpaired) electrons. The monoisotopic (exact) mass is 480 g/mol. The fourth-order valence-electron chi connectivity index (χ4n) is 5.47. The molecular formula is C23H25FN8O3. The molecule has 0 unspecified atom stereocenters. The van der Waals surface area contributed by atoms with Gasteiger partial charge in [0.25, 0.3) is 5.56 Å². The number of halogens is 1. The van der Waals surface area contributed by atoms with Crippen molar-refractivity contribution in [2.24, 2.45) is 25.7 Å². The lowest BCUT2D eigenvalue weighted by atomic mass is 10.0. The number of ether oxygens (including phenoxy) is 1. The van der Waals surface area contributed by atoms with Crippen molar-refractivity contribution in [3.63, 3.8) is 0 Å². The van der Waals surface area contributed by atoms with Crippen LogP contribution < -0.4 is 31.9 Å². The molecule has 1 aromatic carbocycles. The topological polar surface area (TPSA) is 136 Å². The fraction of sp³-hybridized carbons (Fsp3) is 0.391. The zero-order chi connectivity index (χ0) is 24.6. The summed E-state index contributed by atoms with van der Waals surface area (Å²) in [7, 11) is 4.62. The Morgan fingerprint density at radius 2 is 2.03 bits per heavy atom. The summed E-state index contributed by atoms with van der Waals surface area (Å²) >= 11 is 0. The van der Waals surface area contributed by atoms with Crippen molar-refractivity contribution in [3.8, 4) is 11.8 Å². The molecule has 2 aliphatic rings. The maximum Gasteiger partial charge on any atom is 0.330 e. The Bertz CT molecular complexity index is 1620. The number of anilines is 2. The predicted molar refractivity (Wildman–Crippen MR) is 130 cm³/mol. The molecule has 182 valence electrons. The Balaban J connectivity index is 1.57. The molecule has 4 aromatic rings. The number of fused-ring (bicyclic) bond motifs is 5. The summed E-state index contributed by atoms with van der Waals surface area (Å²) < 4.78 is 22.6. The largest absolute Gasteiger partial charge is 0.417 e. The number of nitrogens with one attached hydrogen (secondary N) is 2. The van der Waals surface area contributed by atoms with E-state index in [-0.39, 0.29) is 29.7 Å².